The molecule has 6 nitrogen and oxygen atoms in total. The van der Waals surface area contributed by atoms with Gasteiger partial charge in [0.2, 0.25) is 0 Å². The Morgan fingerprint density at radius 2 is 1.97 bits per heavy atom. The number of hydrogen-bond acceptors (Lipinski definition) is 5. The van der Waals surface area contributed by atoms with Gasteiger partial charge in [-0.25, -0.2) is 4.79 Å². The number of alkyl halides is 5. The molecule has 2 aromatic rings. The molecule has 1 aromatic carbocycles. The van der Waals surface area contributed by atoms with Crippen molar-refractivity contribution in [1.29, 1.82) is 0 Å². The van der Waals surface area contributed by atoms with Crippen molar-refractivity contribution < 1.29 is 45.5 Å². The monoisotopic (exact) mass is 539 g/mol. The normalized spacial score (nSPS) is 15.7. The Hall–Kier alpha value is -1.27. The van der Waals surface area contributed by atoms with E-state index in [0.717, 1.165) is 0 Å². The van der Waals surface area contributed by atoms with Crippen LogP contribution in [0.3, 0.4) is 0 Å². The molecular formula is C16H16BrF5NO5PS. The number of primary amides is 1. The highest BCUT2D eigenvalue weighted by atomic mass is 79.9. The second-order valence-corrected chi connectivity index (χ2v) is 9.70. The average molecular weight is 540 g/mol. The molecule has 0 aliphatic carbocycles. The van der Waals surface area contributed by atoms with Crippen molar-refractivity contribution in [3.05, 3.63) is 33.1 Å². The molecule has 3 N–H and O–H groups in total. The maximum absolute atomic E-state index is 14.8. The van der Waals surface area contributed by atoms with E-state index in [9.17, 15) is 36.2 Å². The van der Waals surface area contributed by atoms with Crippen molar-refractivity contribution in [3.63, 3.8) is 0 Å². The van der Waals surface area contributed by atoms with Crippen LogP contribution in [0.5, 0.6) is 0 Å². The van der Waals surface area contributed by atoms with Crippen molar-refractivity contribution in [2.24, 2.45) is 5.73 Å². The number of fused-ring (bicyclic) bond motifs is 1. The van der Waals surface area contributed by atoms with Crippen LogP contribution >= 0.6 is 34.9 Å². The summed E-state index contributed by atoms with van der Waals surface area (Å²) in [5, 5.41) is 0.133. The van der Waals surface area contributed by atoms with E-state index in [1.807, 2.05) is 0 Å². The zero-order valence-corrected chi connectivity index (χ0v) is 18.5. The van der Waals surface area contributed by atoms with Crippen LogP contribution in [-0.4, -0.2) is 23.8 Å². The van der Waals surface area contributed by atoms with Crippen LogP contribution in [0.15, 0.2) is 22.7 Å². The van der Waals surface area contributed by atoms with Gasteiger partial charge in [0.25, 0.3) is 0 Å². The molecule has 0 aliphatic rings. The summed E-state index contributed by atoms with van der Waals surface area (Å²) in [5.74, 6) is 0. The Morgan fingerprint density at radius 1 is 1.33 bits per heavy atom. The van der Waals surface area contributed by atoms with Gasteiger partial charge in [0.1, 0.15) is 11.0 Å². The molecule has 1 aromatic heterocycles. The first-order valence-corrected chi connectivity index (χ1v) is 11.5. The standard InChI is InChI=1S/C16H16BrF5NO5PS/c1-2-27-29(25,26)16(21,22)13-11(17)9-5-3-4-8(12(9)30-13)10(28-14(23)24)6-7-15(18,19)20/h3-5,10H,2,6-7H2,1H3,(H2,23,24)(H,25,26). The predicted molar refractivity (Wildman–Crippen MR) is 104 cm³/mol. The zero-order chi connectivity index (χ0) is 22.9. The van der Waals surface area contributed by atoms with E-state index in [2.05, 4.69) is 20.5 Å². The van der Waals surface area contributed by atoms with Crippen LogP contribution in [0.4, 0.5) is 26.7 Å². The van der Waals surface area contributed by atoms with Crippen molar-refractivity contribution in [2.75, 3.05) is 6.61 Å². The fraction of sp³-hybridized carbons (Fsp3) is 0.438. The van der Waals surface area contributed by atoms with Crippen LogP contribution in [0.1, 0.15) is 36.3 Å². The minimum Gasteiger partial charge on any atom is -0.441 e. The summed E-state index contributed by atoms with van der Waals surface area (Å²) in [5.41, 5.74) is 0.664. The first-order valence-electron chi connectivity index (χ1n) is 8.30. The predicted octanol–water partition coefficient (Wildman–Crippen LogP) is 6.41. The first-order chi connectivity index (χ1) is 13.7. The summed E-state index contributed by atoms with van der Waals surface area (Å²) >= 11 is 3.34. The Bertz CT molecular complexity index is 983. The Labute approximate surface area is 179 Å². The van der Waals surface area contributed by atoms with Crippen LogP contribution in [0.2, 0.25) is 0 Å². The SMILES string of the molecule is CCOP(=O)(O)C(F)(F)c1sc2c(C(CCC(F)(F)F)OC(N)=O)cccc2c1Br. The van der Waals surface area contributed by atoms with Gasteiger partial charge in [-0.3, -0.25) is 4.57 Å². The van der Waals surface area contributed by atoms with E-state index in [0.29, 0.717) is 11.3 Å². The highest BCUT2D eigenvalue weighted by molar-refractivity contribution is 9.10. The maximum atomic E-state index is 14.8. The highest BCUT2D eigenvalue weighted by Gasteiger charge is 2.55. The van der Waals surface area contributed by atoms with Gasteiger partial charge in [0.15, 0.2) is 0 Å². The van der Waals surface area contributed by atoms with Gasteiger partial charge in [-0.15, -0.1) is 11.3 Å². The molecule has 2 unspecified atom stereocenters. The summed E-state index contributed by atoms with van der Waals surface area (Å²) in [7, 11) is -5.40. The number of carbonyl (C=O) groups is 1. The first kappa shape index (κ1) is 25.0. The van der Waals surface area contributed by atoms with Gasteiger partial charge in [0.05, 0.1) is 6.61 Å². The second kappa shape index (κ2) is 9.07. The molecule has 0 aliphatic heterocycles. The fourth-order valence-electron chi connectivity index (χ4n) is 2.66. The molecule has 0 radical (unpaired) electrons. The van der Waals surface area contributed by atoms with Crippen molar-refractivity contribution in [1.82, 2.24) is 0 Å². The average Bonchev–Trinajstić information content (AvgIpc) is 2.95. The largest absolute Gasteiger partial charge is 0.441 e. The molecule has 0 saturated heterocycles. The van der Waals surface area contributed by atoms with Gasteiger partial charge >= 0.3 is 25.5 Å². The summed E-state index contributed by atoms with van der Waals surface area (Å²) in [6, 6.07) is 4.05. The van der Waals surface area contributed by atoms with E-state index in [-0.39, 0.29) is 20.1 Å². The molecule has 2 rings (SSSR count). The maximum Gasteiger partial charge on any atom is 0.405 e. The lowest BCUT2D eigenvalue weighted by Gasteiger charge is -2.20. The molecule has 0 fully saturated rings. The lowest BCUT2D eigenvalue weighted by Crippen LogP contribution is -2.19. The smallest absolute Gasteiger partial charge is 0.405 e. The number of ether oxygens (including phenoxy) is 1. The third-order valence-electron chi connectivity index (χ3n) is 3.91. The number of halogens is 6. The number of nitrogens with two attached hydrogens (primary N) is 1. The van der Waals surface area contributed by atoms with E-state index in [1.165, 1.54) is 25.1 Å². The summed E-state index contributed by atoms with van der Waals surface area (Å²) < 4.78 is 88.5. The van der Waals surface area contributed by atoms with Gasteiger partial charge < -0.3 is 19.9 Å². The number of hydrogen-bond donors (Lipinski definition) is 2. The quantitative estimate of drug-likeness (QED) is 0.298. The fourth-order valence-corrected chi connectivity index (χ4v) is 6.25. The summed E-state index contributed by atoms with van der Waals surface area (Å²) in [4.78, 5) is 20.0. The van der Waals surface area contributed by atoms with Gasteiger partial charge in [-0.1, -0.05) is 18.2 Å². The van der Waals surface area contributed by atoms with E-state index in [1.54, 1.807) is 0 Å². The third kappa shape index (κ3) is 5.31. The Kier molecular flexibility index (Phi) is 7.56. The van der Waals surface area contributed by atoms with Crippen molar-refractivity contribution in [3.8, 4) is 0 Å². The van der Waals surface area contributed by atoms with Gasteiger partial charge in [-0.2, -0.15) is 22.0 Å². The Morgan fingerprint density at radius 3 is 2.50 bits per heavy atom. The topological polar surface area (TPSA) is 98.8 Å². The van der Waals surface area contributed by atoms with Crippen LogP contribution in [0, 0.1) is 0 Å². The second-order valence-electron chi connectivity index (χ2n) is 6.03. The molecule has 0 saturated carbocycles. The molecule has 1 heterocycles. The number of amides is 1. The van der Waals surface area contributed by atoms with E-state index < -0.39 is 56.0 Å². The van der Waals surface area contributed by atoms with Crippen LogP contribution in [0.25, 0.3) is 10.1 Å². The lowest BCUT2D eigenvalue weighted by atomic mass is 10.0. The molecule has 168 valence electrons. The minimum absolute atomic E-state index is 0.00693. The minimum atomic E-state index is -5.40. The lowest BCUT2D eigenvalue weighted by molar-refractivity contribution is -0.140. The summed E-state index contributed by atoms with van der Waals surface area (Å²) in [6.07, 6.45) is -9.36. The number of benzene rings is 1. The van der Waals surface area contributed by atoms with Gasteiger partial charge in [0, 0.05) is 26.5 Å². The third-order valence-corrected chi connectivity index (χ3v) is 8.02. The number of carbonyl (C=O) groups excluding carboxylic acids is 1. The molecule has 2 atom stereocenters. The summed E-state index contributed by atoms with van der Waals surface area (Å²) in [6.45, 7) is 0.826. The number of thiophene rings is 1. The van der Waals surface area contributed by atoms with Crippen LogP contribution < -0.4 is 5.73 Å². The molecule has 0 bridgehead atoms. The number of rotatable bonds is 8. The van der Waals surface area contributed by atoms with Crippen molar-refractivity contribution in [2.45, 2.75) is 37.7 Å². The zero-order valence-electron chi connectivity index (χ0n) is 15.2. The van der Waals surface area contributed by atoms with E-state index in [4.69, 9.17) is 10.5 Å². The van der Waals surface area contributed by atoms with Crippen LogP contribution in [-0.2, 0) is 19.5 Å². The molecule has 1 amide bonds. The molecule has 0 spiro atoms. The highest BCUT2D eigenvalue weighted by Crippen LogP contribution is 2.66. The van der Waals surface area contributed by atoms with E-state index >= 15 is 0 Å². The molecule has 30 heavy (non-hydrogen) atoms. The molecular weight excluding hydrogens is 524 g/mol. The molecule has 14 heteroatoms. The van der Waals surface area contributed by atoms with Gasteiger partial charge in [-0.05, 0) is 29.3 Å². The Balaban J connectivity index is 2.61. The van der Waals surface area contributed by atoms with Crippen molar-refractivity contribution >= 4 is 51.0 Å².